The van der Waals surface area contributed by atoms with Crippen LogP contribution in [0.2, 0.25) is 0 Å². The second-order valence-corrected chi connectivity index (χ2v) is 7.17. The number of carbonyl (C=O) groups is 1. The summed E-state index contributed by atoms with van der Waals surface area (Å²) in [5, 5.41) is 12.5. The van der Waals surface area contributed by atoms with Crippen LogP contribution in [-0.2, 0) is 0 Å². The third kappa shape index (κ3) is 3.16. The molecule has 8 heteroatoms. The maximum Gasteiger partial charge on any atom is 0.260 e. The van der Waals surface area contributed by atoms with Gasteiger partial charge in [0.1, 0.15) is 23.1 Å². The Bertz CT molecular complexity index is 1170. The number of amides is 1. The van der Waals surface area contributed by atoms with E-state index in [1.54, 1.807) is 24.2 Å². The van der Waals surface area contributed by atoms with E-state index in [0.29, 0.717) is 35.3 Å². The van der Waals surface area contributed by atoms with Crippen LogP contribution in [0.25, 0.3) is 22.7 Å². The third-order valence-electron chi connectivity index (χ3n) is 5.27. The SMILES string of the molecule is Cc1onc(-c2ccccc2)c1C(=O)N1CCCC1c1nnc(-c2cccnc2)o1. The van der Waals surface area contributed by atoms with Crippen molar-refractivity contribution in [1.29, 1.82) is 0 Å². The number of likely N-dealkylation sites (tertiary alicyclic amines) is 1. The van der Waals surface area contributed by atoms with E-state index in [4.69, 9.17) is 8.94 Å². The van der Waals surface area contributed by atoms with Crippen LogP contribution in [0.5, 0.6) is 0 Å². The van der Waals surface area contributed by atoms with Crippen molar-refractivity contribution >= 4 is 5.91 Å². The summed E-state index contributed by atoms with van der Waals surface area (Å²) in [6.45, 7) is 2.36. The van der Waals surface area contributed by atoms with Crippen LogP contribution in [0.15, 0.2) is 63.8 Å². The molecule has 0 spiro atoms. The maximum absolute atomic E-state index is 13.5. The lowest BCUT2D eigenvalue weighted by Crippen LogP contribution is -2.31. The predicted octanol–water partition coefficient (Wildman–Crippen LogP) is 4.07. The Kier molecular flexibility index (Phi) is 4.59. The molecule has 3 aromatic heterocycles. The number of pyridine rings is 1. The molecule has 0 aliphatic carbocycles. The summed E-state index contributed by atoms with van der Waals surface area (Å²) >= 11 is 0. The van der Waals surface area contributed by atoms with Crippen LogP contribution in [0.4, 0.5) is 0 Å². The molecule has 1 aliphatic heterocycles. The molecule has 1 atom stereocenters. The second kappa shape index (κ2) is 7.55. The average molecular weight is 401 g/mol. The summed E-state index contributed by atoms with van der Waals surface area (Å²) in [7, 11) is 0. The highest BCUT2D eigenvalue weighted by atomic mass is 16.5. The van der Waals surface area contributed by atoms with E-state index in [1.807, 2.05) is 42.5 Å². The molecule has 0 bridgehead atoms. The normalized spacial score (nSPS) is 16.2. The van der Waals surface area contributed by atoms with Gasteiger partial charge in [-0.15, -0.1) is 10.2 Å². The van der Waals surface area contributed by atoms with Crippen molar-refractivity contribution < 1.29 is 13.7 Å². The molecule has 1 saturated heterocycles. The Hall–Kier alpha value is -3.81. The Morgan fingerprint density at radius 3 is 2.73 bits per heavy atom. The van der Waals surface area contributed by atoms with E-state index in [1.165, 1.54) is 0 Å². The predicted molar refractivity (Wildman–Crippen MR) is 107 cm³/mol. The molecule has 150 valence electrons. The number of carbonyl (C=O) groups excluding carboxylic acids is 1. The molecule has 0 radical (unpaired) electrons. The van der Waals surface area contributed by atoms with E-state index in [0.717, 1.165) is 24.0 Å². The third-order valence-corrected chi connectivity index (χ3v) is 5.27. The summed E-state index contributed by atoms with van der Waals surface area (Å²) < 4.78 is 11.3. The molecular formula is C22H19N5O3. The summed E-state index contributed by atoms with van der Waals surface area (Å²) in [5.41, 5.74) is 2.60. The van der Waals surface area contributed by atoms with Gasteiger partial charge >= 0.3 is 0 Å². The lowest BCUT2D eigenvalue weighted by Gasteiger charge is -2.22. The molecule has 4 aromatic rings. The summed E-state index contributed by atoms with van der Waals surface area (Å²) in [4.78, 5) is 19.4. The first kappa shape index (κ1) is 18.2. The van der Waals surface area contributed by atoms with E-state index in [2.05, 4.69) is 20.3 Å². The number of nitrogens with zero attached hydrogens (tertiary/aromatic N) is 5. The number of aromatic nitrogens is 4. The fraction of sp³-hybridized carbons (Fsp3) is 0.227. The van der Waals surface area contributed by atoms with Crippen LogP contribution in [-0.4, -0.2) is 37.7 Å². The van der Waals surface area contributed by atoms with E-state index in [9.17, 15) is 4.79 Å². The molecule has 1 aromatic carbocycles. The molecule has 1 aliphatic rings. The van der Waals surface area contributed by atoms with Gasteiger partial charge in [0.25, 0.3) is 5.91 Å². The first-order valence-electron chi connectivity index (χ1n) is 9.79. The molecule has 8 nitrogen and oxygen atoms in total. The van der Waals surface area contributed by atoms with Crippen LogP contribution >= 0.6 is 0 Å². The summed E-state index contributed by atoms with van der Waals surface area (Å²) in [5.74, 6) is 1.17. The minimum Gasteiger partial charge on any atom is -0.418 e. The Balaban J connectivity index is 1.46. The van der Waals surface area contributed by atoms with Crippen molar-refractivity contribution in [3.63, 3.8) is 0 Å². The van der Waals surface area contributed by atoms with E-state index in [-0.39, 0.29) is 11.9 Å². The zero-order valence-corrected chi connectivity index (χ0v) is 16.4. The zero-order chi connectivity index (χ0) is 20.5. The van der Waals surface area contributed by atoms with Crippen molar-refractivity contribution in [2.75, 3.05) is 6.54 Å². The number of benzene rings is 1. The van der Waals surface area contributed by atoms with Gasteiger partial charge in [0.2, 0.25) is 11.8 Å². The minimum atomic E-state index is -0.284. The average Bonchev–Trinajstić information content (AvgIpc) is 3.53. The molecule has 4 heterocycles. The highest BCUT2D eigenvalue weighted by Gasteiger charge is 2.37. The fourth-order valence-electron chi connectivity index (χ4n) is 3.80. The van der Waals surface area contributed by atoms with E-state index >= 15 is 0 Å². The van der Waals surface area contributed by atoms with Gasteiger partial charge in [-0.2, -0.15) is 0 Å². The second-order valence-electron chi connectivity index (χ2n) is 7.17. The Labute approximate surface area is 172 Å². The molecule has 30 heavy (non-hydrogen) atoms. The van der Waals surface area contributed by atoms with Crippen LogP contribution in [0.1, 0.15) is 40.9 Å². The first-order valence-corrected chi connectivity index (χ1v) is 9.79. The fourth-order valence-corrected chi connectivity index (χ4v) is 3.80. The number of aryl methyl sites for hydroxylation is 1. The van der Waals surface area contributed by atoms with Gasteiger partial charge < -0.3 is 13.8 Å². The Morgan fingerprint density at radius 2 is 1.93 bits per heavy atom. The largest absolute Gasteiger partial charge is 0.418 e. The molecule has 0 saturated carbocycles. The monoisotopic (exact) mass is 401 g/mol. The maximum atomic E-state index is 13.5. The van der Waals surface area contributed by atoms with Crippen molar-refractivity contribution in [2.24, 2.45) is 0 Å². The van der Waals surface area contributed by atoms with Gasteiger partial charge in [-0.3, -0.25) is 9.78 Å². The van der Waals surface area contributed by atoms with Gasteiger partial charge in [-0.25, -0.2) is 0 Å². The zero-order valence-electron chi connectivity index (χ0n) is 16.4. The topological polar surface area (TPSA) is 98.2 Å². The van der Waals surface area contributed by atoms with Crippen LogP contribution < -0.4 is 0 Å². The lowest BCUT2D eigenvalue weighted by molar-refractivity contribution is 0.0715. The van der Waals surface area contributed by atoms with Crippen molar-refractivity contribution in [3.05, 3.63) is 72.1 Å². The molecule has 1 amide bonds. The first-order chi connectivity index (χ1) is 14.7. The highest BCUT2D eigenvalue weighted by molar-refractivity contribution is 6.01. The quantitative estimate of drug-likeness (QED) is 0.508. The number of rotatable bonds is 4. The van der Waals surface area contributed by atoms with Crippen molar-refractivity contribution in [2.45, 2.75) is 25.8 Å². The molecule has 5 rings (SSSR count). The highest BCUT2D eigenvalue weighted by Crippen LogP contribution is 2.36. The van der Waals surface area contributed by atoms with Crippen molar-refractivity contribution in [1.82, 2.24) is 25.2 Å². The standard InChI is InChI=1S/C22H19N5O3/c1-14-18(19(26-30-14)15-7-3-2-4-8-15)22(28)27-12-6-10-17(27)21-25-24-20(29-21)16-9-5-11-23-13-16/h2-5,7-9,11,13,17H,6,10,12H2,1H3. The molecule has 0 N–H and O–H groups in total. The summed E-state index contributed by atoms with van der Waals surface area (Å²) in [6, 6.07) is 12.9. The van der Waals surface area contributed by atoms with Gasteiger partial charge in [0.05, 0.1) is 5.56 Å². The van der Waals surface area contributed by atoms with Gasteiger partial charge in [0.15, 0.2) is 0 Å². The molecule has 1 fully saturated rings. The number of hydrogen-bond acceptors (Lipinski definition) is 7. The van der Waals surface area contributed by atoms with Crippen LogP contribution in [0, 0.1) is 6.92 Å². The van der Waals surface area contributed by atoms with Crippen molar-refractivity contribution in [3.8, 4) is 22.7 Å². The smallest absolute Gasteiger partial charge is 0.260 e. The van der Waals surface area contributed by atoms with Gasteiger partial charge in [-0.05, 0) is 31.9 Å². The lowest BCUT2D eigenvalue weighted by atomic mass is 10.0. The summed E-state index contributed by atoms with van der Waals surface area (Å²) in [6.07, 6.45) is 4.96. The Morgan fingerprint density at radius 1 is 1.10 bits per heavy atom. The van der Waals surface area contributed by atoms with Crippen LogP contribution in [0.3, 0.4) is 0 Å². The van der Waals surface area contributed by atoms with E-state index < -0.39 is 0 Å². The molecular weight excluding hydrogens is 382 g/mol. The van der Waals surface area contributed by atoms with Gasteiger partial charge in [-0.1, -0.05) is 35.5 Å². The number of hydrogen-bond donors (Lipinski definition) is 0. The van der Waals surface area contributed by atoms with Gasteiger partial charge in [0, 0.05) is 24.5 Å². The minimum absolute atomic E-state index is 0.142. The molecule has 1 unspecified atom stereocenters.